The number of aliphatic hydroxyl groups excluding tert-OH is 1. The van der Waals surface area contributed by atoms with E-state index in [1.165, 1.54) is 5.56 Å². The fourth-order valence-corrected chi connectivity index (χ4v) is 2.31. The van der Waals surface area contributed by atoms with E-state index in [1.54, 1.807) is 0 Å². The highest BCUT2D eigenvalue weighted by molar-refractivity contribution is 5.30. The topological polar surface area (TPSA) is 29.5 Å². The normalized spacial score (nSPS) is 25.5. The molecular weight excluding hydrogens is 188 g/mol. The van der Waals surface area contributed by atoms with Gasteiger partial charge in [-0.05, 0) is 37.5 Å². The van der Waals surface area contributed by atoms with Crippen LogP contribution in [0.4, 0.5) is 0 Å². The molecule has 2 atom stereocenters. The molecule has 2 heteroatoms. The van der Waals surface area contributed by atoms with Crippen molar-refractivity contribution in [3.8, 4) is 5.75 Å². The van der Waals surface area contributed by atoms with Crippen molar-refractivity contribution in [2.24, 2.45) is 0 Å². The highest BCUT2D eigenvalue weighted by atomic mass is 16.5. The number of benzene rings is 1. The molecule has 0 spiro atoms. The molecule has 0 aliphatic heterocycles. The molecule has 0 amide bonds. The number of aliphatic hydroxyl groups is 1. The SMILES string of the molecule is CCOc1ccc([C@H]2CCC[C@@H]2O)cc1. The Labute approximate surface area is 90.9 Å². The molecule has 82 valence electrons. The molecule has 1 aliphatic carbocycles. The first-order valence-corrected chi connectivity index (χ1v) is 5.72. The quantitative estimate of drug-likeness (QED) is 0.824. The summed E-state index contributed by atoms with van der Waals surface area (Å²) in [6.07, 6.45) is 3.04. The summed E-state index contributed by atoms with van der Waals surface area (Å²) in [6, 6.07) is 8.13. The van der Waals surface area contributed by atoms with Gasteiger partial charge in [0, 0.05) is 5.92 Å². The zero-order valence-corrected chi connectivity index (χ0v) is 9.15. The van der Waals surface area contributed by atoms with Crippen LogP contribution in [0.2, 0.25) is 0 Å². The van der Waals surface area contributed by atoms with Crippen molar-refractivity contribution in [1.82, 2.24) is 0 Å². The first-order valence-electron chi connectivity index (χ1n) is 5.72. The molecule has 1 saturated carbocycles. The van der Waals surface area contributed by atoms with E-state index in [4.69, 9.17) is 4.74 Å². The molecule has 0 aromatic heterocycles. The summed E-state index contributed by atoms with van der Waals surface area (Å²) in [5, 5.41) is 9.78. The molecular formula is C13H18O2. The van der Waals surface area contributed by atoms with E-state index < -0.39 is 0 Å². The van der Waals surface area contributed by atoms with E-state index in [1.807, 2.05) is 19.1 Å². The Balaban J connectivity index is 2.09. The monoisotopic (exact) mass is 206 g/mol. The van der Waals surface area contributed by atoms with Gasteiger partial charge >= 0.3 is 0 Å². The molecule has 0 unspecified atom stereocenters. The summed E-state index contributed by atoms with van der Waals surface area (Å²) in [7, 11) is 0. The number of hydrogen-bond acceptors (Lipinski definition) is 2. The van der Waals surface area contributed by atoms with Crippen LogP contribution in [0.25, 0.3) is 0 Å². The molecule has 1 aromatic carbocycles. The Hall–Kier alpha value is -1.02. The van der Waals surface area contributed by atoms with Gasteiger partial charge in [0.1, 0.15) is 5.75 Å². The zero-order chi connectivity index (χ0) is 10.7. The van der Waals surface area contributed by atoms with Crippen molar-refractivity contribution >= 4 is 0 Å². The van der Waals surface area contributed by atoms with Crippen LogP contribution in [0.3, 0.4) is 0 Å². The Morgan fingerprint density at radius 3 is 2.53 bits per heavy atom. The maximum absolute atomic E-state index is 9.78. The van der Waals surface area contributed by atoms with E-state index in [0.29, 0.717) is 12.5 Å². The van der Waals surface area contributed by atoms with E-state index in [2.05, 4.69) is 12.1 Å². The third kappa shape index (κ3) is 2.32. The summed E-state index contributed by atoms with van der Waals surface area (Å²) < 4.78 is 5.39. The first-order chi connectivity index (χ1) is 7.31. The van der Waals surface area contributed by atoms with Crippen LogP contribution >= 0.6 is 0 Å². The minimum Gasteiger partial charge on any atom is -0.494 e. The predicted octanol–water partition coefficient (Wildman–Crippen LogP) is 2.71. The van der Waals surface area contributed by atoms with Crippen molar-refractivity contribution in [2.45, 2.75) is 38.2 Å². The van der Waals surface area contributed by atoms with Crippen LogP contribution in [-0.2, 0) is 0 Å². The van der Waals surface area contributed by atoms with Gasteiger partial charge in [0.05, 0.1) is 12.7 Å². The predicted molar refractivity (Wildman–Crippen MR) is 60.2 cm³/mol. The van der Waals surface area contributed by atoms with Gasteiger partial charge in [-0.1, -0.05) is 18.6 Å². The first kappa shape index (κ1) is 10.5. The zero-order valence-electron chi connectivity index (χ0n) is 9.15. The Morgan fingerprint density at radius 2 is 2.00 bits per heavy atom. The van der Waals surface area contributed by atoms with Gasteiger partial charge in [-0.2, -0.15) is 0 Å². The van der Waals surface area contributed by atoms with Crippen molar-refractivity contribution in [3.63, 3.8) is 0 Å². The van der Waals surface area contributed by atoms with Gasteiger partial charge in [-0.15, -0.1) is 0 Å². The molecule has 1 fully saturated rings. The summed E-state index contributed by atoms with van der Waals surface area (Å²) in [6.45, 7) is 2.68. The summed E-state index contributed by atoms with van der Waals surface area (Å²) in [5.74, 6) is 1.24. The molecule has 15 heavy (non-hydrogen) atoms. The number of rotatable bonds is 3. The molecule has 0 saturated heterocycles. The van der Waals surface area contributed by atoms with Crippen molar-refractivity contribution in [3.05, 3.63) is 29.8 Å². The molecule has 2 rings (SSSR count). The minimum atomic E-state index is -0.150. The second-order valence-electron chi connectivity index (χ2n) is 4.11. The molecule has 0 bridgehead atoms. The lowest BCUT2D eigenvalue weighted by molar-refractivity contribution is 0.164. The van der Waals surface area contributed by atoms with Crippen LogP contribution in [-0.4, -0.2) is 17.8 Å². The smallest absolute Gasteiger partial charge is 0.119 e. The Kier molecular flexibility index (Phi) is 3.27. The maximum Gasteiger partial charge on any atom is 0.119 e. The molecule has 1 N–H and O–H groups in total. The van der Waals surface area contributed by atoms with Gasteiger partial charge in [0.2, 0.25) is 0 Å². The van der Waals surface area contributed by atoms with E-state index in [-0.39, 0.29) is 6.10 Å². The van der Waals surface area contributed by atoms with Crippen molar-refractivity contribution in [2.75, 3.05) is 6.61 Å². The number of hydrogen-bond donors (Lipinski definition) is 1. The van der Waals surface area contributed by atoms with Crippen LogP contribution in [0.15, 0.2) is 24.3 Å². The average Bonchev–Trinajstić information content (AvgIpc) is 2.66. The van der Waals surface area contributed by atoms with E-state index in [0.717, 1.165) is 25.0 Å². The van der Waals surface area contributed by atoms with Crippen molar-refractivity contribution < 1.29 is 9.84 Å². The van der Waals surface area contributed by atoms with Crippen molar-refractivity contribution in [1.29, 1.82) is 0 Å². The fourth-order valence-electron chi connectivity index (χ4n) is 2.31. The lowest BCUT2D eigenvalue weighted by Gasteiger charge is -2.15. The van der Waals surface area contributed by atoms with Crippen LogP contribution in [0.1, 0.15) is 37.7 Å². The van der Waals surface area contributed by atoms with Gasteiger partial charge in [-0.25, -0.2) is 0 Å². The highest BCUT2D eigenvalue weighted by Gasteiger charge is 2.26. The van der Waals surface area contributed by atoms with Crippen LogP contribution < -0.4 is 4.74 Å². The second-order valence-corrected chi connectivity index (χ2v) is 4.11. The standard InChI is InChI=1S/C13H18O2/c1-2-15-11-8-6-10(7-9-11)12-4-3-5-13(12)14/h6-9,12-14H,2-5H2,1H3/t12-,13+/m1/s1. The maximum atomic E-state index is 9.78. The summed E-state index contributed by atoms with van der Waals surface area (Å²) in [5.41, 5.74) is 1.24. The van der Waals surface area contributed by atoms with E-state index >= 15 is 0 Å². The fraction of sp³-hybridized carbons (Fsp3) is 0.538. The summed E-state index contributed by atoms with van der Waals surface area (Å²) >= 11 is 0. The number of ether oxygens (including phenoxy) is 1. The molecule has 1 aliphatic rings. The van der Waals surface area contributed by atoms with Gasteiger partial charge < -0.3 is 9.84 Å². The van der Waals surface area contributed by atoms with Crippen LogP contribution in [0.5, 0.6) is 5.75 Å². The van der Waals surface area contributed by atoms with Gasteiger partial charge in [-0.3, -0.25) is 0 Å². The van der Waals surface area contributed by atoms with E-state index in [9.17, 15) is 5.11 Å². The highest BCUT2D eigenvalue weighted by Crippen LogP contribution is 2.34. The van der Waals surface area contributed by atoms with Gasteiger partial charge in [0.25, 0.3) is 0 Å². The molecule has 0 radical (unpaired) electrons. The largest absolute Gasteiger partial charge is 0.494 e. The third-order valence-electron chi connectivity index (χ3n) is 3.10. The Morgan fingerprint density at radius 1 is 1.27 bits per heavy atom. The molecule has 0 heterocycles. The average molecular weight is 206 g/mol. The molecule has 2 nitrogen and oxygen atoms in total. The lowest BCUT2D eigenvalue weighted by Crippen LogP contribution is -2.10. The van der Waals surface area contributed by atoms with Gasteiger partial charge in [0.15, 0.2) is 0 Å². The minimum absolute atomic E-state index is 0.150. The summed E-state index contributed by atoms with van der Waals surface area (Å²) in [4.78, 5) is 0. The lowest BCUT2D eigenvalue weighted by atomic mass is 9.96. The molecule has 1 aromatic rings. The Bertz CT molecular complexity index is 305. The van der Waals surface area contributed by atoms with Crippen LogP contribution in [0, 0.1) is 0 Å². The second kappa shape index (κ2) is 4.67. The third-order valence-corrected chi connectivity index (χ3v) is 3.10.